The molecule has 1 aromatic rings. The summed E-state index contributed by atoms with van der Waals surface area (Å²) in [6.07, 6.45) is -0.594. The summed E-state index contributed by atoms with van der Waals surface area (Å²) in [5, 5.41) is 12.3. The summed E-state index contributed by atoms with van der Waals surface area (Å²) in [6, 6.07) is 7.58. The number of hydroxylamine groups is 2. The van der Waals surface area contributed by atoms with E-state index in [9.17, 15) is 5.11 Å². The van der Waals surface area contributed by atoms with Crippen LogP contribution in [0.5, 0.6) is 0 Å². The Kier molecular flexibility index (Phi) is 3.22. The number of aliphatic hydroxyl groups excluding tert-OH is 1. The van der Waals surface area contributed by atoms with Gasteiger partial charge in [-0.25, -0.2) is 0 Å². The van der Waals surface area contributed by atoms with Crippen molar-refractivity contribution in [2.75, 3.05) is 6.61 Å². The highest BCUT2D eigenvalue weighted by molar-refractivity contribution is 6.31. The van der Waals surface area contributed by atoms with E-state index < -0.39 is 6.23 Å². The van der Waals surface area contributed by atoms with Crippen LogP contribution in [0.25, 0.3) is 0 Å². The topological polar surface area (TPSA) is 32.7 Å². The van der Waals surface area contributed by atoms with Crippen molar-refractivity contribution in [3.05, 3.63) is 34.9 Å². The molecule has 1 aliphatic heterocycles. The molecule has 0 radical (unpaired) electrons. The molecule has 0 bridgehead atoms. The average Bonchev–Trinajstić information content (AvgIpc) is 2.49. The van der Waals surface area contributed by atoms with Gasteiger partial charge >= 0.3 is 0 Å². The van der Waals surface area contributed by atoms with Crippen LogP contribution in [0, 0.1) is 5.41 Å². The zero-order chi connectivity index (χ0) is 11.8. The number of nitrogens with zero attached hydrogens (tertiary/aromatic N) is 1. The van der Waals surface area contributed by atoms with Crippen LogP contribution < -0.4 is 0 Å². The summed E-state index contributed by atoms with van der Waals surface area (Å²) >= 11 is 6.06. The summed E-state index contributed by atoms with van der Waals surface area (Å²) in [6.45, 7) is 4.98. The van der Waals surface area contributed by atoms with Crippen molar-refractivity contribution in [3.63, 3.8) is 0 Å². The van der Waals surface area contributed by atoms with Gasteiger partial charge in [0.05, 0.1) is 13.2 Å². The van der Waals surface area contributed by atoms with Crippen LogP contribution in [0.1, 0.15) is 19.4 Å². The highest BCUT2D eigenvalue weighted by Crippen LogP contribution is 2.32. The zero-order valence-electron chi connectivity index (χ0n) is 9.48. The van der Waals surface area contributed by atoms with Crippen molar-refractivity contribution in [2.45, 2.75) is 26.6 Å². The zero-order valence-corrected chi connectivity index (χ0v) is 10.2. The van der Waals surface area contributed by atoms with Gasteiger partial charge in [0.15, 0.2) is 0 Å². The molecule has 88 valence electrons. The monoisotopic (exact) mass is 241 g/mol. The van der Waals surface area contributed by atoms with Gasteiger partial charge in [-0.2, -0.15) is 5.06 Å². The number of halogens is 1. The molecule has 1 N–H and O–H groups in total. The Morgan fingerprint density at radius 1 is 1.50 bits per heavy atom. The highest BCUT2D eigenvalue weighted by Gasteiger charge is 2.40. The fraction of sp³-hybridized carbons (Fsp3) is 0.500. The third kappa shape index (κ3) is 2.23. The molecule has 1 fully saturated rings. The van der Waals surface area contributed by atoms with E-state index in [1.807, 2.05) is 38.1 Å². The fourth-order valence-electron chi connectivity index (χ4n) is 1.71. The first-order chi connectivity index (χ1) is 7.50. The summed E-state index contributed by atoms with van der Waals surface area (Å²) in [4.78, 5) is 5.46. The van der Waals surface area contributed by atoms with Crippen molar-refractivity contribution >= 4 is 11.6 Å². The van der Waals surface area contributed by atoms with Crippen LogP contribution in [0.2, 0.25) is 5.02 Å². The van der Waals surface area contributed by atoms with Crippen LogP contribution in [0.3, 0.4) is 0 Å². The lowest BCUT2D eigenvalue weighted by atomic mass is 9.93. The van der Waals surface area contributed by atoms with Gasteiger partial charge in [0, 0.05) is 10.4 Å². The molecule has 0 aliphatic carbocycles. The van der Waals surface area contributed by atoms with Crippen molar-refractivity contribution in [1.29, 1.82) is 0 Å². The molecule has 0 spiro atoms. The Hall–Kier alpha value is -0.610. The molecule has 0 amide bonds. The number of benzene rings is 1. The lowest BCUT2D eigenvalue weighted by molar-refractivity contribution is -0.191. The summed E-state index contributed by atoms with van der Waals surface area (Å²) in [7, 11) is 0. The van der Waals surface area contributed by atoms with Gasteiger partial charge in [-0.1, -0.05) is 43.6 Å². The second-order valence-electron chi connectivity index (χ2n) is 4.80. The summed E-state index contributed by atoms with van der Waals surface area (Å²) in [5.74, 6) is 0. The molecule has 16 heavy (non-hydrogen) atoms. The van der Waals surface area contributed by atoms with Gasteiger partial charge in [-0.15, -0.1) is 0 Å². The molecule has 4 heteroatoms. The first-order valence-electron chi connectivity index (χ1n) is 5.32. The smallest absolute Gasteiger partial charge is 0.137 e. The van der Waals surface area contributed by atoms with Gasteiger partial charge in [0.2, 0.25) is 0 Å². The highest BCUT2D eigenvalue weighted by atomic mass is 35.5. The number of hydrogen-bond donors (Lipinski definition) is 1. The predicted molar refractivity (Wildman–Crippen MR) is 62.7 cm³/mol. The number of hydrogen-bond acceptors (Lipinski definition) is 3. The second-order valence-corrected chi connectivity index (χ2v) is 5.21. The molecule has 1 unspecified atom stereocenters. The van der Waals surface area contributed by atoms with E-state index in [-0.39, 0.29) is 5.41 Å². The molecule has 1 heterocycles. The van der Waals surface area contributed by atoms with Gasteiger partial charge in [-0.3, -0.25) is 4.84 Å². The van der Waals surface area contributed by atoms with Gasteiger partial charge in [-0.05, 0) is 11.6 Å². The second kappa shape index (κ2) is 4.34. The van der Waals surface area contributed by atoms with Crippen molar-refractivity contribution in [1.82, 2.24) is 5.06 Å². The maximum atomic E-state index is 10.0. The first kappa shape index (κ1) is 11.9. The van der Waals surface area contributed by atoms with E-state index in [0.717, 1.165) is 5.56 Å². The van der Waals surface area contributed by atoms with Crippen LogP contribution in [0.15, 0.2) is 24.3 Å². The lowest BCUT2D eigenvalue weighted by Crippen LogP contribution is -2.35. The Labute approximate surface area is 101 Å². The lowest BCUT2D eigenvalue weighted by Gasteiger charge is -2.24. The molecule has 1 saturated heterocycles. The molecule has 3 nitrogen and oxygen atoms in total. The molecular weight excluding hydrogens is 226 g/mol. The normalized spacial score (nSPS) is 24.9. The quantitative estimate of drug-likeness (QED) is 0.863. The Bertz CT molecular complexity index is 381. The van der Waals surface area contributed by atoms with Crippen LogP contribution in [-0.2, 0) is 11.4 Å². The maximum absolute atomic E-state index is 10.0. The predicted octanol–water partition coefficient (Wildman–Crippen LogP) is 2.43. The summed E-state index contributed by atoms with van der Waals surface area (Å²) < 4.78 is 0. The van der Waals surface area contributed by atoms with Crippen LogP contribution in [-0.4, -0.2) is 23.0 Å². The molecule has 0 aromatic heterocycles. The van der Waals surface area contributed by atoms with E-state index in [4.69, 9.17) is 16.4 Å². The average molecular weight is 242 g/mol. The maximum Gasteiger partial charge on any atom is 0.137 e. The molecule has 1 atom stereocenters. The van der Waals surface area contributed by atoms with E-state index in [2.05, 4.69) is 0 Å². The van der Waals surface area contributed by atoms with Gasteiger partial charge < -0.3 is 5.11 Å². The van der Waals surface area contributed by atoms with Crippen LogP contribution >= 0.6 is 11.6 Å². The van der Waals surface area contributed by atoms with Crippen molar-refractivity contribution in [3.8, 4) is 0 Å². The van der Waals surface area contributed by atoms with E-state index in [1.54, 1.807) is 5.06 Å². The number of rotatable bonds is 2. The minimum absolute atomic E-state index is 0.235. The first-order valence-corrected chi connectivity index (χ1v) is 5.69. The van der Waals surface area contributed by atoms with Crippen molar-refractivity contribution < 1.29 is 9.94 Å². The van der Waals surface area contributed by atoms with E-state index in [1.165, 1.54) is 0 Å². The molecular formula is C12H16ClNO2. The SMILES string of the molecule is CC1(C)CON(Cc2ccccc2Cl)C1O. The van der Waals surface area contributed by atoms with Gasteiger partial charge in [0.25, 0.3) is 0 Å². The molecule has 2 rings (SSSR count). The largest absolute Gasteiger partial charge is 0.376 e. The fourth-order valence-corrected chi connectivity index (χ4v) is 1.91. The third-order valence-electron chi connectivity index (χ3n) is 2.86. The van der Waals surface area contributed by atoms with E-state index in [0.29, 0.717) is 18.2 Å². The van der Waals surface area contributed by atoms with Crippen molar-refractivity contribution in [2.24, 2.45) is 5.41 Å². The Morgan fingerprint density at radius 3 is 2.75 bits per heavy atom. The molecule has 1 aliphatic rings. The standard InChI is InChI=1S/C12H16ClNO2/c1-12(2)8-16-14(11(12)15)7-9-5-3-4-6-10(9)13/h3-6,11,15H,7-8H2,1-2H3. The van der Waals surface area contributed by atoms with Gasteiger partial charge in [0.1, 0.15) is 6.23 Å². The third-order valence-corrected chi connectivity index (χ3v) is 3.23. The Balaban J connectivity index is 2.10. The molecule has 0 saturated carbocycles. The molecule has 1 aromatic carbocycles. The Morgan fingerprint density at radius 2 is 2.19 bits per heavy atom. The summed E-state index contributed by atoms with van der Waals surface area (Å²) in [5.41, 5.74) is 0.724. The number of aliphatic hydroxyl groups is 1. The van der Waals surface area contributed by atoms with Crippen LogP contribution in [0.4, 0.5) is 0 Å². The van der Waals surface area contributed by atoms with E-state index >= 15 is 0 Å². The minimum atomic E-state index is -0.594. The minimum Gasteiger partial charge on any atom is -0.376 e.